The van der Waals surface area contributed by atoms with Gasteiger partial charge < -0.3 is 9.88 Å². The van der Waals surface area contributed by atoms with Crippen LogP contribution in [-0.4, -0.2) is 47.0 Å². The van der Waals surface area contributed by atoms with E-state index >= 15 is 0 Å². The van der Waals surface area contributed by atoms with Gasteiger partial charge in [0.15, 0.2) is 5.16 Å². The van der Waals surface area contributed by atoms with Crippen molar-refractivity contribution in [1.29, 1.82) is 0 Å². The standard InChI is InChI=1S/C22H26N4O3S2/c1-2-26-20-12-11-18(31(28,29)25-13-7-4-8-14-25)15-19(20)24-22(26)30-16-21(27)23-17-9-5-3-6-10-17/h3,5-6,9-12,15H,2,4,7-8,13-14,16H2,1H3,(H,23,27). The van der Waals surface area contributed by atoms with Crippen molar-refractivity contribution in [2.45, 2.75) is 42.8 Å². The molecular formula is C22H26N4O3S2. The molecule has 0 aliphatic carbocycles. The second kappa shape index (κ2) is 9.42. The zero-order valence-electron chi connectivity index (χ0n) is 17.5. The highest BCUT2D eigenvalue weighted by Crippen LogP contribution is 2.28. The first-order valence-electron chi connectivity index (χ1n) is 10.5. The van der Waals surface area contributed by atoms with Gasteiger partial charge in [0, 0.05) is 25.3 Å². The van der Waals surface area contributed by atoms with Crippen molar-refractivity contribution in [2.75, 3.05) is 24.2 Å². The van der Waals surface area contributed by atoms with E-state index in [-0.39, 0.29) is 16.6 Å². The topological polar surface area (TPSA) is 84.3 Å². The van der Waals surface area contributed by atoms with Crippen LogP contribution < -0.4 is 5.32 Å². The molecule has 1 fully saturated rings. The number of carbonyl (C=O) groups is 1. The summed E-state index contributed by atoms with van der Waals surface area (Å²) >= 11 is 1.35. The molecule has 1 amide bonds. The number of sulfonamides is 1. The van der Waals surface area contributed by atoms with E-state index in [1.165, 1.54) is 11.8 Å². The van der Waals surface area contributed by atoms with Gasteiger partial charge in [0.1, 0.15) is 0 Å². The lowest BCUT2D eigenvalue weighted by Crippen LogP contribution is -2.35. The Labute approximate surface area is 186 Å². The lowest BCUT2D eigenvalue weighted by molar-refractivity contribution is -0.113. The molecule has 0 bridgehead atoms. The summed E-state index contributed by atoms with van der Waals surface area (Å²) in [7, 11) is -3.51. The van der Waals surface area contributed by atoms with Crippen LogP contribution in [0, 0.1) is 0 Å². The Hall–Kier alpha value is -2.36. The maximum atomic E-state index is 13.0. The first-order valence-corrected chi connectivity index (χ1v) is 12.9. The fraction of sp³-hybridized carbons (Fsp3) is 0.364. The van der Waals surface area contributed by atoms with Gasteiger partial charge in [0.2, 0.25) is 15.9 Å². The van der Waals surface area contributed by atoms with Crippen molar-refractivity contribution in [1.82, 2.24) is 13.9 Å². The summed E-state index contributed by atoms with van der Waals surface area (Å²) in [4.78, 5) is 17.2. The predicted octanol–water partition coefficient (Wildman–Crippen LogP) is 3.96. The molecule has 4 rings (SSSR count). The summed E-state index contributed by atoms with van der Waals surface area (Å²) in [6.07, 6.45) is 2.87. The van der Waals surface area contributed by atoms with Gasteiger partial charge in [0.25, 0.3) is 0 Å². The van der Waals surface area contributed by atoms with Crippen LogP contribution in [0.25, 0.3) is 11.0 Å². The normalized spacial score (nSPS) is 15.3. The van der Waals surface area contributed by atoms with Gasteiger partial charge in [-0.2, -0.15) is 4.31 Å². The smallest absolute Gasteiger partial charge is 0.243 e. The zero-order chi connectivity index (χ0) is 21.8. The van der Waals surface area contributed by atoms with E-state index in [1.54, 1.807) is 16.4 Å². The summed E-state index contributed by atoms with van der Waals surface area (Å²) < 4.78 is 29.6. The van der Waals surface area contributed by atoms with Crippen LogP contribution in [0.15, 0.2) is 58.6 Å². The number of anilines is 1. The number of aryl methyl sites for hydroxylation is 1. The van der Waals surface area contributed by atoms with Crippen LogP contribution in [-0.2, 0) is 21.4 Å². The number of amides is 1. The van der Waals surface area contributed by atoms with Crippen molar-refractivity contribution in [3.8, 4) is 0 Å². The van der Waals surface area contributed by atoms with Gasteiger partial charge in [0.05, 0.1) is 21.7 Å². The maximum absolute atomic E-state index is 13.0. The number of para-hydroxylation sites is 1. The lowest BCUT2D eigenvalue weighted by atomic mass is 10.2. The minimum absolute atomic E-state index is 0.112. The van der Waals surface area contributed by atoms with Crippen molar-refractivity contribution in [3.05, 3.63) is 48.5 Å². The predicted molar refractivity (Wildman–Crippen MR) is 124 cm³/mol. The Morgan fingerprint density at radius 3 is 2.55 bits per heavy atom. The van der Waals surface area contributed by atoms with E-state index in [9.17, 15) is 13.2 Å². The molecule has 31 heavy (non-hydrogen) atoms. The van der Waals surface area contributed by atoms with Crippen LogP contribution >= 0.6 is 11.8 Å². The van der Waals surface area contributed by atoms with Crippen LogP contribution in [0.4, 0.5) is 5.69 Å². The number of imidazole rings is 1. The SMILES string of the molecule is CCn1c(SCC(=O)Nc2ccccc2)nc2cc(S(=O)(=O)N3CCCCC3)ccc21. The zero-order valence-corrected chi connectivity index (χ0v) is 19.1. The number of nitrogens with zero attached hydrogens (tertiary/aromatic N) is 3. The first kappa shape index (κ1) is 21.9. The maximum Gasteiger partial charge on any atom is 0.243 e. The number of hydrogen-bond acceptors (Lipinski definition) is 5. The third kappa shape index (κ3) is 4.78. The van der Waals surface area contributed by atoms with Gasteiger partial charge in [-0.05, 0) is 50.1 Å². The first-order chi connectivity index (χ1) is 15.0. The highest BCUT2D eigenvalue weighted by Gasteiger charge is 2.26. The van der Waals surface area contributed by atoms with Gasteiger partial charge in [-0.3, -0.25) is 4.79 Å². The van der Waals surface area contributed by atoms with Crippen molar-refractivity contribution < 1.29 is 13.2 Å². The fourth-order valence-electron chi connectivity index (χ4n) is 3.77. The summed E-state index contributed by atoms with van der Waals surface area (Å²) in [5.41, 5.74) is 2.25. The molecule has 0 saturated carbocycles. The molecule has 3 aromatic rings. The molecule has 9 heteroatoms. The van der Waals surface area contributed by atoms with Gasteiger partial charge in [-0.15, -0.1) is 0 Å². The molecule has 0 atom stereocenters. The van der Waals surface area contributed by atoms with E-state index in [4.69, 9.17) is 0 Å². The number of hydrogen-bond donors (Lipinski definition) is 1. The highest BCUT2D eigenvalue weighted by atomic mass is 32.2. The second-order valence-corrected chi connectivity index (χ2v) is 10.3. The van der Waals surface area contributed by atoms with E-state index in [2.05, 4.69) is 10.3 Å². The van der Waals surface area contributed by atoms with Gasteiger partial charge in [-0.25, -0.2) is 13.4 Å². The molecule has 0 spiro atoms. The van der Waals surface area contributed by atoms with E-state index in [0.717, 1.165) is 30.5 Å². The van der Waals surface area contributed by atoms with E-state index < -0.39 is 10.0 Å². The fourth-order valence-corrected chi connectivity index (χ4v) is 6.18. The van der Waals surface area contributed by atoms with E-state index in [1.807, 2.05) is 47.9 Å². The van der Waals surface area contributed by atoms with Crippen LogP contribution in [0.5, 0.6) is 0 Å². The molecule has 2 aromatic carbocycles. The van der Waals surface area contributed by atoms with Crippen LogP contribution in [0.1, 0.15) is 26.2 Å². The highest BCUT2D eigenvalue weighted by molar-refractivity contribution is 7.99. The second-order valence-electron chi connectivity index (χ2n) is 7.46. The Bertz CT molecular complexity index is 1170. The largest absolute Gasteiger partial charge is 0.325 e. The molecule has 7 nitrogen and oxygen atoms in total. The number of carbonyl (C=O) groups excluding carboxylic acids is 1. The molecule has 164 valence electrons. The molecular weight excluding hydrogens is 432 g/mol. The van der Waals surface area contributed by atoms with Crippen molar-refractivity contribution in [3.63, 3.8) is 0 Å². The van der Waals surface area contributed by atoms with Crippen LogP contribution in [0.3, 0.4) is 0 Å². The number of benzene rings is 2. The molecule has 0 radical (unpaired) electrons. The third-order valence-electron chi connectivity index (χ3n) is 5.34. The molecule has 1 aliphatic rings. The quantitative estimate of drug-likeness (QED) is 0.542. The minimum Gasteiger partial charge on any atom is -0.325 e. The lowest BCUT2D eigenvalue weighted by Gasteiger charge is -2.25. The van der Waals surface area contributed by atoms with Gasteiger partial charge >= 0.3 is 0 Å². The Kier molecular flexibility index (Phi) is 6.64. The number of rotatable bonds is 7. The Morgan fingerprint density at radius 2 is 1.84 bits per heavy atom. The molecule has 1 saturated heterocycles. The number of nitrogens with one attached hydrogen (secondary N) is 1. The minimum atomic E-state index is -3.51. The summed E-state index contributed by atoms with van der Waals surface area (Å²) in [5, 5.41) is 3.57. The van der Waals surface area contributed by atoms with Crippen molar-refractivity contribution >= 4 is 44.4 Å². The van der Waals surface area contributed by atoms with Crippen molar-refractivity contribution in [2.24, 2.45) is 0 Å². The molecule has 0 unspecified atom stereocenters. The number of aromatic nitrogens is 2. The molecule has 2 heterocycles. The number of fused-ring (bicyclic) bond motifs is 1. The summed E-state index contributed by atoms with van der Waals surface area (Å²) in [5.74, 6) is 0.108. The molecule has 1 aromatic heterocycles. The Balaban J connectivity index is 1.53. The van der Waals surface area contributed by atoms with Crippen LogP contribution in [0.2, 0.25) is 0 Å². The Morgan fingerprint density at radius 1 is 1.10 bits per heavy atom. The molecule has 1 N–H and O–H groups in total. The van der Waals surface area contributed by atoms with Gasteiger partial charge in [-0.1, -0.05) is 36.4 Å². The average molecular weight is 459 g/mol. The average Bonchev–Trinajstić information content (AvgIpc) is 3.15. The van der Waals surface area contributed by atoms with E-state index in [0.29, 0.717) is 30.3 Å². The third-order valence-corrected chi connectivity index (χ3v) is 8.21. The molecule has 1 aliphatic heterocycles. The summed E-state index contributed by atoms with van der Waals surface area (Å²) in [6, 6.07) is 14.5. The number of thioether (sulfide) groups is 1. The monoisotopic (exact) mass is 458 g/mol. The summed E-state index contributed by atoms with van der Waals surface area (Å²) in [6.45, 7) is 3.83. The number of piperidine rings is 1.